The van der Waals surface area contributed by atoms with Crippen LogP contribution in [0.5, 0.6) is 0 Å². The Morgan fingerprint density at radius 2 is 0.745 bits per heavy atom. The Balaban J connectivity index is 1.35. The van der Waals surface area contributed by atoms with E-state index in [1.165, 1.54) is 0 Å². The second-order valence-corrected chi connectivity index (χ2v) is 11.2. The third-order valence-electron chi connectivity index (χ3n) is 8.75. The van der Waals surface area contributed by atoms with E-state index in [0.29, 0.717) is 0 Å². The average Bonchev–Trinajstić information content (AvgIpc) is 4.02. The fourth-order valence-electron chi connectivity index (χ4n) is 6.62. The SMILES string of the molecule is [2H]c1c([2H])c2c(c([2H])c1-c1c([2H])c([2H])c3c([2H])c([2H])c4c([2H])c([2H])c([2H])c5c([2H])c([2H])c1c3c45)C(C([2H])([2H])[2H])(C([2H])([2H])[2H])c1c([2H])c(-c3c([2H])c([2H])c4c([2H])c([2H])c5c([2H])c([2H])c([2H])c6c([2H])c([2H])c3c4c56)c([2H])c([2H])c1-2. The van der Waals surface area contributed by atoms with Gasteiger partial charge in [0.1, 0.15) is 0 Å². The molecule has 11 rings (SSSR count). The number of rotatable bonds is 2. The Labute approximate surface area is 315 Å². The minimum absolute atomic E-state index is 0.353. The average molecular weight is 625 g/mol. The Kier molecular flexibility index (Phi) is 1.89. The van der Waals surface area contributed by atoms with Gasteiger partial charge in [-0.25, -0.2) is 0 Å². The first-order valence-corrected chi connectivity index (χ1v) is 14.2. The molecule has 10 aromatic rings. The molecule has 10 aromatic carbocycles. The Morgan fingerprint density at radius 1 is 0.383 bits per heavy atom. The smallest absolute Gasteiger partial charge is 0.0610 e. The molecule has 0 aliphatic heterocycles. The van der Waals surface area contributed by atoms with Gasteiger partial charge < -0.3 is 0 Å². The van der Waals surface area contributed by atoms with Gasteiger partial charge >= 0.3 is 0 Å². The monoisotopic (exact) mass is 624 g/mol. The van der Waals surface area contributed by atoms with E-state index in [2.05, 4.69) is 0 Å². The topological polar surface area (TPSA) is 0 Å². The van der Waals surface area contributed by atoms with Crippen molar-refractivity contribution in [2.24, 2.45) is 0 Å². The van der Waals surface area contributed by atoms with Crippen molar-refractivity contribution in [2.45, 2.75) is 19.1 Å². The lowest BCUT2D eigenvalue weighted by Crippen LogP contribution is -2.15. The first-order chi connectivity index (χ1) is 35.6. The van der Waals surface area contributed by atoms with Crippen LogP contribution < -0.4 is 0 Å². The van der Waals surface area contributed by atoms with Crippen LogP contribution in [0.25, 0.3) is 98.0 Å². The Morgan fingerprint density at radius 3 is 1.17 bits per heavy atom. The lowest BCUT2D eigenvalue weighted by molar-refractivity contribution is 0.661. The van der Waals surface area contributed by atoms with E-state index in [-0.39, 0.29) is 10.8 Å². The summed E-state index contributed by atoms with van der Waals surface area (Å²) in [6.07, 6.45) is 0. The highest BCUT2D eigenvalue weighted by Crippen LogP contribution is 2.52. The molecular weight excluding hydrogens is 565 g/mol. The zero-order valence-corrected chi connectivity index (χ0v) is 23.5. The van der Waals surface area contributed by atoms with Gasteiger partial charge in [-0.05, 0) is 121 Å². The molecule has 0 fully saturated rings. The van der Waals surface area contributed by atoms with E-state index in [1.807, 2.05) is 0 Å². The molecular formula is C47H30. The van der Waals surface area contributed by atoms with Crippen molar-refractivity contribution in [1.29, 1.82) is 0 Å². The number of fused-ring (bicyclic) bond motifs is 3. The Hall–Kier alpha value is -5.72. The van der Waals surface area contributed by atoms with Gasteiger partial charge in [-0.15, -0.1) is 0 Å². The van der Waals surface area contributed by atoms with Gasteiger partial charge in [-0.2, -0.15) is 0 Å². The molecule has 0 bridgehead atoms. The van der Waals surface area contributed by atoms with Crippen LogP contribution in [-0.2, 0) is 5.41 Å². The molecule has 0 spiro atoms. The number of benzene rings is 10. The van der Waals surface area contributed by atoms with Crippen LogP contribution in [0, 0.1) is 0 Å². The maximum atomic E-state index is 9.98. The largest absolute Gasteiger partial charge is 0.0633 e. The lowest BCUT2D eigenvalue weighted by Gasteiger charge is -2.23. The van der Waals surface area contributed by atoms with Crippen LogP contribution in [-0.4, -0.2) is 0 Å². The quantitative estimate of drug-likeness (QED) is 0.168. The molecule has 0 nitrogen and oxygen atoms in total. The van der Waals surface area contributed by atoms with Crippen molar-refractivity contribution >= 4 is 64.6 Å². The molecule has 0 saturated heterocycles. The third kappa shape index (κ3) is 3.27. The molecule has 0 heterocycles. The molecule has 0 unspecified atom stereocenters. The molecule has 47 heavy (non-hydrogen) atoms. The summed E-state index contributed by atoms with van der Waals surface area (Å²) in [5.74, 6) is 0. The molecule has 1 aliphatic rings. The summed E-state index contributed by atoms with van der Waals surface area (Å²) in [6.45, 7) is -8.06. The molecule has 218 valence electrons. The maximum absolute atomic E-state index is 9.98. The fraction of sp³-hybridized carbons (Fsp3) is 0.0638. The van der Waals surface area contributed by atoms with Crippen LogP contribution in [0.4, 0.5) is 0 Å². The fourth-order valence-corrected chi connectivity index (χ4v) is 6.62. The zero-order valence-electron chi connectivity index (χ0n) is 53.5. The number of hydrogen-bond acceptors (Lipinski definition) is 0. The summed E-state index contributed by atoms with van der Waals surface area (Å²) < 4.78 is 275. The number of hydrogen-bond donors (Lipinski definition) is 0. The van der Waals surface area contributed by atoms with Crippen LogP contribution in [0.2, 0.25) is 0 Å². The van der Waals surface area contributed by atoms with Crippen LogP contribution >= 0.6 is 0 Å². The van der Waals surface area contributed by atoms with Crippen LogP contribution in [0.15, 0.2) is 145 Å². The second kappa shape index (κ2) is 8.75. The van der Waals surface area contributed by atoms with E-state index < -0.39 is 263 Å². The molecule has 0 N–H and O–H groups in total. The first-order valence-electron chi connectivity index (χ1n) is 29.2. The first kappa shape index (κ1) is 10.1. The summed E-state index contributed by atoms with van der Waals surface area (Å²) in [4.78, 5) is 0. The van der Waals surface area contributed by atoms with E-state index >= 15 is 0 Å². The highest BCUT2D eigenvalue weighted by Gasteiger charge is 2.36. The molecule has 0 saturated carbocycles. The second-order valence-electron chi connectivity index (χ2n) is 11.2. The van der Waals surface area contributed by atoms with Gasteiger partial charge in [0.05, 0.1) is 32.9 Å². The van der Waals surface area contributed by atoms with Crippen molar-refractivity contribution in [3.63, 3.8) is 0 Å². The van der Waals surface area contributed by atoms with E-state index in [0.717, 1.165) is 0 Å². The van der Waals surface area contributed by atoms with Gasteiger partial charge in [0, 0.05) is 13.6 Å². The standard InChI is InChI=1S/C47H30/c1-47(2)41-25-33(35-19-13-31-11-9-27-5-3-7-29-15-23-39(35)45(31)43(27)29)17-21-37(41)38-22-18-34(26-42(38)47)36-20-14-32-12-10-28-6-4-8-30-16-24-40(36)46(32)44(28)30/h3-26H,1-2H3/i1D3,2D3,3D,4D,5D,6D,7D,8D,9D,10D,11D,12D,13D,14D,15D,16D,17D,18D,19D,20D,21D,22D,23D,24D,25D,26D. The summed E-state index contributed by atoms with van der Waals surface area (Å²) in [5.41, 5.74) is -11.7. The van der Waals surface area contributed by atoms with Gasteiger partial charge in [-0.1, -0.05) is 147 Å². The molecule has 1 aliphatic carbocycles. The normalized spacial score (nSPS) is 23.5. The minimum Gasteiger partial charge on any atom is -0.0610 e. The van der Waals surface area contributed by atoms with Crippen molar-refractivity contribution in [3.05, 3.63) is 156 Å². The summed E-state index contributed by atoms with van der Waals surface area (Å²) >= 11 is 0. The molecule has 0 aromatic heterocycles. The summed E-state index contributed by atoms with van der Waals surface area (Å²) in [7, 11) is 0. The third-order valence-corrected chi connectivity index (χ3v) is 8.75. The van der Waals surface area contributed by atoms with Crippen molar-refractivity contribution in [3.8, 4) is 33.4 Å². The molecule has 0 heteroatoms. The highest BCUT2D eigenvalue weighted by atomic mass is 14.4. The van der Waals surface area contributed by atoms with Crippen LogP contribution in [0.3, 0.4) is 0 Å². The zero-order chi connectivity index (χ0) is 56.9. The predicted octanol–water partition coefficient (Wildman–Crippen LogP) is 13.1. The summed E-state index contributed by atoms with van der Waals surface area (Å²) in [5, 5.41) is -5.77. The van der Waals surface area contributed by atoms with Crippen molar-refractivity contribution in [2.75, 3.05) is 0 Å². The van der Waals surface area contributed by atoms with E-state index in [1.54, 1.807) is 0 Å². The summed E-state index contributed by atoms with van der Waals surface area (Å²) in [6, 6.07) is -22.3. The van der Waals surface area contributed by atoms with Gasteiger partial charge in [0.2, 0.25) is 0 Å². The maximum Gasteiger partial charge on any atom is 0.0633 e. The van der Waals surface area contributed by atoms with Crippen molar-refractivity contribution in [1.82, 2.24) is 0 Å². The lowest BCUT2D eigenvalue weighted by atomic mass is 9.80. The van der Waals surface area contributed by atoms with Crippen molar-refractivity contribution < 1.29 is 41.1 Å². The van der Waals surface area contributed by atoms with Gasteiger partial charge in [-0.3, -0.25) is 0 Å². The van der Waals surface area contributed by atoms with Gasteiger partial charge in [0.15, 0.2) is 0 Å². The predicted molar refractivity (Wildman–Crippen MR) is 202 cm³/mol. The van der Waals surface area contributed by atoms with E-state index in [9.17, 15) is 24.7 Å². The molecule has 0 atom stereocenters. The molecule has 0 radical (unpaired) electrons. The highest BCUT2D eigenvalue weighted by molar-refractivity contribution is 6.26. The minimum atomic E-state index is -4.03. The Bertz CT molecular complexity index is 4170. The molecule has 0 amide bonds. The van der Waals surface area contributed by atoms with Crippen LogP contribution in [0.1, 0.15) is 66.0 Å². The van der Waals surface area contributed by atoms with E-state index in [4.69, 9.17) is 16.4 Å². The van der Waals surface area contributed by atoms with Gasteiger partial charge in [0.25, 0.3) is 0 Å².